The Hall–Kier alpha value is -2.37. The predicted molar refractivity (Wildman–Crippen MR) is 84.6 cm³/mol. The summed E-state index contributed by atoms with van der Waals surface area (Å²) in [4.78, 5) is 36.4. The lowest BCUT2D eigenvalue weighted by atomic mass is 9.90. The van der Waals surface area contributed by atoms with E-state index in [1.807, 2.05) is 30.3 Å². The van der Waals surface area contributed by atoms with Crippen molar-refractivity contribution < 1.29 is 23.9 Å². The highest BCUT2D eigenvalue weighted by Crippen LogP contribution is 2.19. The highest BCUT2D eigenvalue weighted by Gasteiger charge is 2.49. The van der Waals surface area contributed by atoms with E-state index in [-0.39, 0.29) is 19.6 Å². The van der Waals surface area contributed by atoms with E-state index in [1.54, 1.807) is 13.8 Å². The molecule has 0 heterocycles. The normalized spacial score (nSPS) is 10.7. The van der Waals surface area contributed by atoms with E-state index in [4.69, 9.17) is 9.47 Å². The molecular formula is C17H23NO5. The minimum atomic E-state index is -1.83. The quantitative estimate of drug-likeness (QED) is 0.581. The first-order valence-electron chi connectivity index (χ1n) is 7.63. The number of rotatable bonds is 8. The average molecular weight is 321 g/mol. The molecule has 0 atom stereocenters. The molecule has 0 aromatic heterocycles. The van der Waals surface area contributed by atoms with Gasteiger partial charge in [-0.3, -0.25) is 4.79 Å². The van der Waals surface area contributed by atoms with Crippen LogP contribution in [0.4, 0.5) is 0 Å². The zero-order valence-corrected chi connectivity index (χ0v) is 13.8. The Bertz CT molecular complexity index is 523. The van der Waals surface area contributed by atoms with Crippen molar-refractivity contribution in [2.24, 2.45) is 0 Å². The molecule has 0 fully saturated rings. The molecule has 23 heavy (non-hydrogen) atoms. The highest BCUT2D eigenvalue weighted by atomic mass is 16.6. The Balaban J connectivity index is 3.10. The first-order valence-corrected chi connectivity index (χ1v) is 7.63. The predicted octanol–water partition coefficient (Wildman–Crippen LogP) is 1.62. The van der Waals surface area contributed by atoms with Crippen LogP contribution in [0.1, 0.15) is 32.8 Å². The minimum Gasteiger partial charge on any atom is -0.464 e. The monoisotopic (exact) mass is 321 g/mol. The molecule has 0 aliphatic carbocycles. The van der Waals surface area contributed by atoms with Crippen LogP contribution in [0.2, 0.25) is 0 Å². The standard InChI is InChI=1S/C17H23NO5/c1-4-22-15(20)17(18-13(3)19,16(21)23-5-2)12-11-14-9-7-6-8-10-14/h6-10H,4-5,11-12H2,1-3H3,(H,18,19). The van der Waals surface area contributed by atoms with Crippen molar-refractivity contribution in [1.82, 2.24) is 5.32 Å². The molecule has 1 aromatic carbocycles. The SMILES string of the molecule is CCOC(=O)C(CCc1ccccc1)(NC(C)=O)C(=O)OCC. The van der Waals surface area contributed by atoms with Crippen molar-refractivity contribution in [3.8, 4) is 0 Å². The molecule has 0 spiro atoms. The van der Waals surface area contributed by atoms with Crippen LogP contribution in [0.3, 0.4) is 0 Å². The Kier molecular flexibility index (Phi) is 7.25. The van der Waals surface area contributed by atoms with Crippen LogP contribution < -0.4 is 5.32 Å². The van der Waals surface area contributed by atoms with Gasteiger partial charge in [0.05, 0.1) is 13.2 Å². The van der Waals surface area contributed by atoms with Crippen molar-refractivity contribution >= 4 is 17.8 Å². The third-order valence-corrected chi connectivity index (χ3v) is 3.27. The molecule has 1 rings (SSSR count). The molecule has 0 saturated heterocycles. The summed E-state index contributed by atoms with van der Waals surface area (Å²) in [6.45, 7) is 4.73. The zero-order valence-electron chi connectivity index (χ0n) is 13.8. The second kappa shape index (κ2) is 8.92. The Labute approximate surface area is 136 Å². The Morgan fingerprint density at radius 1 is 1.00 bits per heavy atom. The van der Waals surface area contributed by atoms with E-state index < -0.39 is 23.4 Å². The van der Waals surface area contributed by atoms with E-state index in [1.165, 1.54) is 6.92 Å². The van der Waals surface area contributed by atoms with Gasteiger partial charge in [0.25, 0.3) is 0 Å². The van der Waals surface area contributed by atoms with Crippen LogP contribution in [0.25, 0.3) is 0 Å². The number of amides is 1. The summed E-state index contributed by atoms with van der Waals surface area (Å²) >= 11 is 0. The molecule has 0 radical (unpaired) electrons. The average Bonchev–Trinajstić information content (AvgIpc) is 2.52. The van der Waals surface area contributed by atoms with E-state index in [2.05, 4.69) is 5.32 Å². The van der Waals surface area contributed by atoms with Crippen LogP contribution in [0.5, 0.6) is 0 Å². The molecule has 0 aliphatic heterocycles. The lowest BCUT2D eigenvalue weighted by Crippen LogP contribution is -2.61. The largest absolute Gasteiger partial charge is 0.464 e. The molecule has 1 amide bonds. The van der Waals surface area contributed by atoms with Gasteiger partial charge in [0.15, 0.2) is 0 Å². The van der Waals surface area contributed by atoms with Crippen LogP contribution in [0, 0.1) is 0 Å². The second-order valence-electron chi connectivity index (χ2n) is 5.01. The van der Waals surface area contributed by atoms with Crippen LogP contribution in [0.15, 0.2) is 30.3 Å². The van der Waals surface area contributed by atoms with E-state index in [0.29, 0.717) is 6.42 Å². The molecule has 126 valence electrons. The summed E-state index contributed by atoms with van der Waals surface area (Å²) in [5.74, 6) is -2.10. The molecule has 0 unspecified atom stereocenters. The van der Waals surface area contributed by atoms with Gasteiger partial charge in [-0.05, 0) is 32.3 Å². The topological polar surface area (TPSA) is 81.7 Å². The van der Waals surface area contributed by atoms with Crippen LogP contribution in [-0.4, -0.2) is 36.6 Å². The van der Waals surface area contributed by atoms with Crippen molar-refractivity contribution in [3.05, 3.63) is 35.9 Å². The van der Waals surface area contributed by atoms with Gasteiger partial charge >= 0.3 is 11.9 Å². The number of ether oxygens (including phenoxy) is 2. The molecule has 0 saturated carbocycles. The third-order valence-electron chi connectivity index (χ3n) is 3.27. The first-order chi connectivity index (χ1) is 11.0. The smallest absolute Gasteiger partial charge is 0.343 e. The maximum absolute atomic E-state index is 12.4. The van der Waals surface area contributed by atoms with Gasteiger partial charge < -0.3 is 14.8 Å². The summed E-state index contributed by atoms with van der Waals surface area (Å²) in [5, 5.41) is 2.44. The van der Waals surface area contributed by atoms with Gasteiger partial charge in [-0.15, -0.1) is 0 Å². The summed E-state index contributed by atoms with van der Waals surface area (Å²) in [6.07, 6.45) is 0.479. The fourth-order valence-corrected chi connectivity index (χ4v) is 2.24. The molecule has 0 aliphatic rings. The molecule has 1 aromatic rings. The summed E-state index contributed by atoms with van der Waals surface area (Å²) in [7, 11) is 0. The second-order valence-corrected chi connectivity index (χ2v) is 5.01. The zero-order chi connectivity index (χ0) is 17.3. The molecule has 0 bridgehead atoms. The summed E-state index contributed by atoms with van der Waals surface area (Å²) in [5.41, 5.74) is -0.885. The fraction of sp³-hybridized carbons (Fsp3) is 0.471. The molecule has 6 heteroatoms. The number of carbonyl (C=O) groups excluding carboxylic acids is 3. The number of carbonyl (C=O) groups is 3. The molecule has 6 nitrogen and oxygen atoms in total. The van der Waals surface area contributed by atoms with Crippen molar-refractivity contribution in [3.63, 3.8) is 0 Å². The van der Waals surface area contributed by atoms with Gasteiger partial charge in [0.2, 0.25) is 11.4 Å². The molecule has 1 N–H and O–H groups in total. The van der Waals surface area contributed by atoms with Crippen molar-refractivity contribution in [2.75, 3.05) is 13.2 Å². The highest BCUT2D eigenvalue weighted by molar-refractivity contribution is 6.07. The summed E-state index contributed by atoms with van der Waals surface area (Å²) < 4.78 is 10.0. The summed E-state index contributed by atoms with van der Waals surface area (Å²) in [6, 6.07) is 9.37. The minimum absolute atomic E-state index is 0.0638. The van der Waals surface area contributed by atoms with Gasteiger partial charge in [0, 0.05) is 6.92 Å². The van der Waals surface area contributed by atoms with Crippen molar-refractivity contribution in [2.45, 2.75) is 39.2 Å². The fourth-order valence-electron chi connectivity index (χ4n) is 2.24. The number of nitrogens with one attached hydrogen (secondary N) is 1. The number of hydrogen-bond donors (Lipinski definition) is 1. The van der Waals surface area contributed by atoms with Crippen LogP contribution in [-0.2, 0) is 30.3 Å². The van der Waals surface area contributed by atoms with Crippen LogP contribution >= 0.6 is 0 Å². The Morgan fingerprint density at radius 2 is 1.52 bits per heavy atom. The number of benzene rings is 1. The number of aryl methyl sites for hydroxylation is 1. The number of esters is 2. The maximum Gasteiger partial charge on any atom is 0.343 e. The molecular weight excluding hydrogens is 298 g/mol. The third kappa shape index (κ3) is 5.09. The Morgan fingerprint density at radius 3 is 1.96 bits per heavy atom. The van der Waals surface area contributed by atoms with Gasteiger partial charge in [-0.1, -0.05) is 30.3 Å². The van der Waals surface area contributed by atoms with E-state index >= 15 is 0 Å². The van der Waals surface area contributed by atoms with Gasteiger partial charge in [-0.2, -0.15) is 0 Å². The lowest BCUT2D eigenvalue weighted by molar-refractivity contribution is -0.168. The van der Waals surface area contributed by atoms with Gasteiger partial charge in [0.1, 0.15) is 0 Å². The first kappa shape index (κ1) is 18.7. The van der Waals surface area contributed by atoms with Gasteiger partial charge in [-0.25, -0.2) is 9.59 Å². The van der Waals surface area contributed by atoms with E-state index in [9.17, 15) is 14.4 Å². The maximum atomic E-state index is 12.4. The lowest BCUT2D eigenvalue weighted by Gasteiger charge is -2.29. The van der Waals surface area contributed by atoms with Crippen molar-refractivity contribution in [1.29, 1.82) is 0 Å². The van der Waals surface area contributed by atoms with E-state index in [0.717, 1.165) is 5.56 Å². The number of hydrogen-bond acceptors (Lipinski definition) is 5.